The van der Waals surface area contributed by atoms with Crippen molar-refractivity contribution in [1.82, 2.24) is 9.80 Å². The highest BCUT2D eigenvalue weighted by molar-refractivity contribution is 6.10. The molecule has 0 saturated carbocycles. The maximum Gasteiger partial charge on any atom is 0.410 e. The molecule has 2 fully saturated rings. The van der Waals surface area contributed by atoms with Crippen LogP contribution in [0.1, 0.15) is 52.0 Å². The maximum atomic E-state index is 13.3. The van der Waals surface area contributed by atoms with Crippen molar-refractivity contribution in [1.29, 1.82) is 0 Å². The van der Waals surface area contributed by atoms with Crippen LogP contribution < -0.4 is 0 Å². The molecule has 32 heavy (non-hydrogen) atoms. The second-order valence-electron chi connectivity index (χ2n) is 9.51. The van der Waals surface area contributed by atoms with Crippen LogP contribution in [0, 0.1) is 11.6 Å². The first-order chi connectivity index (χ1) is 14.9. The number of rotatable bonds is 5. The summed E-state index contributed by atoms with van der Waals surface area (Å²) in [5.41, 5.74) is -2.42. The first-order valence-electron chi connectivity index (χ1n) is 10.9. The number of carbonyl (C=O) groups is 3. The lowest BCUT2D eigenvalue weighted by atomic mass is 9.92. The Labute approximate surface area is 186 Å². The average molecular weight is 452 g/mol. The number of ether oxygens (including phenoxy) is 1. The summed E-state index contributed by atoms with van der Waals surface area (Å²) in [7, 11) is 0. The number of benzene rings is 1. The van der Waals surface area contributed by atoms with Gasteiger partial charge in [-0.25, -0.2) is 13.6 Å². The van der Waals surface area contributed by atoms with Crippen LogP contribution in [0.4, 0.5) is 13.6 Å². The number of Topliss-reactive ketones (excluding diaryl/α,β-unsaturated/α-hetero) is 1. The minimum Gasteiger partial charge on any atom is -0.444 e. The third kappa shape index (κ3) is 5.43. The fraction of sp³-hybridized carbons (Fsp3) is 0.609. The Morgan fingerprint density at radius 2 is 1.72 bits per heavy atom. The van der Waals surface area contributed by atoms with Gasteiger partial charge in [0.25, 0.3) is 5.91 Å². The van der Waals surface area contributed by atoms with Gasteiger partial charge in [-0.3, -0.25) is 9.59 Å². The summed E-state index contributed by atoms with van der Waals surface area (Å²) >= 11 is 0. The van der Waals surface area contributed by atoms with Crippen LogP contribution in [-0.4, -0.2) is 69.6 Å². The lowest BCUT2D eigenvalue weighted by molar-refractivity contribution is -0.154. The zero-order valence-corrected chi connectivity index (χ0v) is 18.7. The second kappa shape index (κ2) is 9.13. The zero-order valence-electron chi connectivity index (χ0n) is 18.7. The van der Waals surface area contributed by atoms with Crippen LogP contribution in [0.25, 0.3) is 0 Å². The molecular formula is C23H30F2N2O5. The maximum absolute atomic E-state index is 13.3. The Hall–Kier alpha value is -2.55. The van der Waals surface area contributed by atoms with Crippen molar-refractivity contribution >= 4 is 17.8 Å². The molecular weight excluding hydrogens is 422 g/mol. The molecule has 2 saturated heterocycles. The predicted octanol–water partition coefficient (Wildman–Crippen LogP) is 2.83. The molecule has 1 atom stereocenters. The third-order valence-corrected chi connectivity index (χ3v) is 5.91. The number of ketones is 1. The summed E-state index contributed by atoms with van der Waals surface area (Å²) in [4.78, 5) is 40.9. The van der Waals surface area contributed by atoms with Crippen LogP contribution >= 0.6 is 0 Å². The minimum atomic E-state index is -2.12. The number of halogens is 2. The molecule has 0 bridgehead atoms. The van der Waals surface area contributed by atoms with Gasteiger partial charge in [0.1, 0.15) is 17.2 Å². The molecule has 0 spiro atoms. The van der Waals surface area contributed by atoms with Crippen molar-refractivity contribution < 1.29 is 33.0 Å². The molecule has 0 aliphatic carbocycles. The van der Waals surface area contributed by atoms with E-state index in [0.717, 1.165) is 18.2 Å². The first-order valence-corrected chi connectivity index (χ1v) is 10.9. The summed E-state index contributed by atoms with van der Waals surface area (Å²) in [6.07, 6.45) is 0.460. The largest absolute Gasteiger partial charge is 0.444 e. The highest BCUT2D eigenvalue weighted by atomic mass is 19.1. The summed E-state index contributed by atoms with van der Waals surface area (Å²) in [5.74, 6) is -2.77. The molecule has 0 aromatic heterocycles. The molecule has 0 radical (unpaired) electrons. The fourth-order valence-electron chi connectivity index (χ4n) is 4.24. The molecule has 1 aromatic rings. The van der Waals surface area contributed by atoms with E-state index in [4.69, 9.17) is 4.74 Å². The molecule has 1 N–H and O–H groups in total. The summed E-state index contributed by atoms with van der Waals surface area (Å²) < 4.78 is 32.1. The summed E-state index contributed by atoms with van der Waals surface area (Å²) in [6, 6.07) is 2.81. The van der Waals surface area contributed by atoms with E-state index >= 15 is 0 Å². The highest BCUT2D eigenvalue weighted by Gasteiger charge is 2.52. The highest BCUT2D eigenvalue weighted by Crippen LogP contribution is 2.31. The lowest BCUT2D eigenvalue weighted by Gasteiger charge is -2.37. The van der Waals surface area contributed by atoms with E-state index in [1.165, 1.54) is 4.90 Å². The van der Waals surface area contributed by atoms with Crippen molar-refractivity contribution in [2.75, 3.05) is 19.6 Å². The van der Waals surface area contributed by atoms with Crippen molar-refractivity contribution in [2.24, 2.45) is 0 Å². The van der Waals surface area contributed by atoms with E-state index in [9.17, 15) is 28.3 Å². The number of hydrogen-bond donors (Lipinski definition) is 1. The lowest BCUT2D eigenvalue weighted by Crippen LogP contribution is -2.52. The van der Waals surface area contributed by atoms with Gasteiger partial charge in [-0.15, -0.1) is 0 Å². The first kappa shape index (κ1) is 24.1. The molecule has 7 nitrogen and oxygen atoms in total. The molecule has 2 heterocycles. The number of aryl methyl sites for hydroxylation is 1. The van der Waals surface area contributed by atoms with E-state index in [2.05, 4.69) is 0 Å². The Balaban J connectivity index is 1.55. The third-order valence-electron chi connectivity index (χ3n) is 5.91. The molecule has 2 aliphatic rings. The Morgan fingerprint density at radius 3 is 2.28 bits per heavy atom. The van der Waals surface area contributed by atoms with Crippen molar-refractivity contribution in [2.45, 2.75) is 70.1 Å². The number of nitrogens with zero attached hydrogens (tertiary/aromatic N) is 2. The van der Waals surface area contributed by atoms with Crippen molar-refractivity contribution in [3.05, 3.63) is 35.4 Å². The quantitative estimate of drug-likeness (QED) is 0.695. The van der Waals surface area contributed by atoms with Gasteiger partial charge in [-0.2, -0.15) is 0 Å². The van der Waals surface area contributed by atoms with Gasteiger partial charge in [0.05, 0.1) is 0 Å². The van der Waals surface area contributed by atoms with Gasteiger partial charge in [-0.05, 0) is 57.7 Å². The number of aliphatic hydroxyl groups is 1. The van der Waals surface area contributed by atoms with E-state index in [-0.39, 0.29) is 37.4 Å². The van der Waals surface area contributed by atoms with Gasteiger partial charge in [0, 0.05) is 44.6 Å². The summed E-state index contributed by atoms with van der Waals surface area (Å²) in [6.45, 7) is 6.46. The number of hydrogen-bond acceptors (Lipinski definition) is 5. The number of amides is 2. The molecule has 3 rings (SSSR count). The number of likely N-dealkylation sites (tertiary alicyclic amines) is 2. The SMILES string of the molecule is CC(C)(C)OC(=O)N1CCC(N2CC[C@@](O)(C(=O)CCc3cc(F)cc(F)c3)C2=O)CC1. The van der Waals surface area contributed by atoms with E-state index < -0.39 is 40.6 Å². The standard InChI is InChI=1S/C23H30F2N2O5/c1-22(2,3)32-21(30)26-9-6-18(7-10-26)27-11-8-23(31,20(27)29)19(28)5-4-15-12-16(24)14-17(25)13-15/h12-14,18,31H,4-11H2,1-3H3/t23-/m1/s1. The molecule has 2 amide bonds. The van der Waals surface area contributed by atoms with Crippen molar-refractivity contribution in [3.63, 3.8) is 0 Å². The number of carbonyl (C=O) groups excluding carboxylic acids is 3. The molecule has 176 valence electrons. The average Bonchev–Trinajstić information content (AvgIpc) is 3.00. The Bertz CT molecular complexity index is 873. The van der Waals surface area contributed by atoms with Gasteiger partial charge in [0.15, 0.2) is 5.78 Å². The Morgan fingerprint density at radius 1 is 1.12 bits per heavy atom. The molecule has 0 unspecified atom stereocenters. The zero-order chi connectivity index (χ0) is 23.7. The monoisotopic (exact) mass is 452 g/mol. The van der Waals surface area contributed by atoms with Crippen LogP contribution in [0.3, 0.4) is 0 Å². The van der Waals surface area contributed by atoms with E-state index in [1.54, 1.807) is 25.7 Å². The van der Waals surface area contributed by atoms with Crippen LogP contribution in [-0.2, 0) is 20.7 Å². The topological polar surface area (TPSA) is 87.2 Å². The molecule has 1 aromatic carbocycles. The molecule has 9 heteroatoms. The van der Waals surface area contributed by atoms with Crippen LogP contribution in [0.2, 0.25) is 0 Å². The van der Waals surface area contributed by atoms with E-state index in [0.29, 0.717) is 25.9 Å². The van der Waals surface area contributed by atoms with Gasteiger partial charge < -0.3 is 19.6 Å². The normalized spacial score (nSPS) is 22.4. The van der Waals surface area contributed by atoms with Gasteiger partial charge in [-0.1, -0.05) is 0 Å². The minimum absolute atomic E-state index is 0.0194. The smallest absolute Gasteiger partial charge is 0.410 e. The fourth-order valence-corrected chi connectivity index (χ4v) is 4.24. The molecule has 2 aliphatic heterocycles. The predicted molar refractivity (Wildman–Crippen MR) is 112 cm³/mol. The van der Waals surface area contributed by atoms with Crippen LogP contribution in [0.5, 0.6) is 0 Å². The van der Waals surface area contributed by atoms with Gasteiger partial charge >= 0.3 is 6.09 Å². The Kier molecular flexibility index (Phi) is 6.88. The second-order valence-corrected chi connectivity index (χ2v) is 9.51. The van der Waals surface area contributed by atoms with Crippen LogP contribution in [0.15, 0.2) is 18.2 Å². The number of piperidine rings is 1. The summed E-state index contributed by atoms with van der Waals surface area (Å²) in [5, 5.41) is 10.8. The van der Waals surface area contributed by atoms with Crippen molar-refractivity contribution in [3.8, 4) is 0 Å². The van der Waals surface area contributed by atoms with E-state index in [1.807, 2.05) is 0 Å². The van der Waals surface area contributed by atoms with Gasteiger partial charge in [0.2, 0.25) is 5.60 Å².